The van der Waals surface area contributed by atoms with Crippen LogP contribution in [-0.2, 0) is 28.5 Å². The second-order valence-electron chi connectivity index (χ2n) is 11.8. The first-order valence-electron chi connectivity index (χ1n) is 14.9. The van der Waals surface area contributed by atoms with E-state index in [1.807, 2.05) is 23.6 Å². The van der Waals surface area contributed by atoms with E-state index in [1.54, 1.807) is 18.2 Å². The highest BCUT2D eigenvalue weighted by Gasteiger charge is 2.56. The third-order valence-corrected chi connectivity index (χ3v) is 10.3. The van der Waals surface area contributed by atoms with Crippen LogP contribution in [0, 0.1) is 11.8 Å². The Labute approximate surface area is 267 Å². The largest absolute Gasteiger partial charge is 0.502 e. The Hall–Kier alpha value is -3.63. The zero-order chi connectivity index (χ0) is 31.7. The third-order valence-electron chi connectivity index (χ3n) is 9.37. The molecule has 244 valence electrons. The van der Waals surface area contributed by atoms with E-state index in [0.717, 1.165) is 4.88 Å². The zero-order valence-electron chi connectivity index (χ0n) is 24.8. The van der Waals surface area contributed by atoms with Gasteiger partial charge in [0.25, 0.3) is 0 Å². The van der Waals surface area contributed by atoms with Gasteiger partial charge in [-0.05, 0) is 52.4 Å². The zero-order valence-corrected chi connectivity index (χ0v) is 25.6. The first-order chi connectivity index (χ1) is 22.4. The van der Waals surface area contributed by atoms with E-state index in [1.165, 1.54) is 25.6 Å². The summed E-state index contributed by atoms with van der Waals surface area (Å²) in [7, 11) is 2.86. The van der Waals surface area contributed by atoms with Crippen LogP contribution >= 0.6 is 11.3 Å². The summed E-state index contributed by atoms with van der Waals surface area (Å²) < 4.78 is 52.6. The van der Waals surface area contributed by atoms with Crippen molar-refractivity contribution in [3.63, 3.8) is 0 Å². The van der Waals surface area contributed by atoms with Gasteiger partial charge in [0.05, 0.1) is 44.3 Å². The number of phenols is 1. The highest BCUT2D eigenvalue weighted by Crippen LogP contribution is 2.57. The number of ether oxygens (including phenoxy) is 9. The predicted octanol–water partition coefficient (Wildman–Crippen LogP) is 2.75. The summed E-state index contributed by atoms with van der Waals surface area (Å²) in [5, 5.41) is 35.0. The van der Waals surface area contributed by atoms with E-state index < -0.39 is 66.8 Å². The van der Waals surface area contributed by atoms with Crippen LogP contribution in [0.25, 0.3) is 0 Å². The summed E-state index contributed by atoms with van der Waals surface area (Å²) in [4.78, 5) is 14.3. The summed E-state index contributed by atoms with van der Waals surface area (Å²) in [6.45, 7) is 0.171. The first kappa shape index (κ1) is 29.8. The normalized spacial score (nSPS) is 34.3. The van der Waals surface area contributed by atoms with Gasteiger partial charge in [-0.2, -0.15) is 0 Å². The number of aliphatic hydroxyl groups excluding tert-OH is 2. The van der Waals surface area contributed by atoms with E-state index in [2.05, 4.69) is 0 Å². The Bertz CT molecular complexity index is 1600. The van der Waals surface area contributed by atoms with Gasteiger partial charge in [0.1, 0.15) is 24.4 Å². The van der Waals surface area contributed by atoms with Gasteiger partial charge < -0.3 is 58.0 Å². The Balaban J connectivity index is 1.16. The molecule has 10 atom stereocenters. The van der Waals surface area contributed by atoms with Crippen LogP contribution in [0.4, 0.5) is 0 Å². The van der Waals surface area contributed by atoms with Crippen LogP contribution in [0.1, 0.15) is 39.9 Å². The average molecular weight is 657 g/mol. The van der Waals surface area contributed by atoms with Crippen molar-refractivity contribution >= 4 is 17.3 Å². The number of cyclic esters (lactones) is 1. The fourth-order valence-corrected chi connectivity index (χ4v) is 7.89. The van der Waals surface area contributed by atoms with Crippen LogP contribution in [0.3, 0.4) is 0 Å². The maximum atomic E-state index is 13.5. The van der Waals surface area contributed by atoms with Gasteiger partial charge in [0.2, 0.25) is 12.5 Å². The summed E-state index contributed by atoms with van der Waals surface area (Å²) >= 11 is 1.46. The van der Waals surface area contributed by atoms with E-state index in [9.17, 15) is 20.1 Å². The molecule has 0 spiro atoms. The Morgan fingerprint density at radius 2 is 1.65 bits per heavy atom. The second kappa shape index (κ2) is 11.6. The van der Waals surface area contributed by atoms with E-state index in [-0.39, 0.29) is 37.3 Å². The predicted molar refractivity (Wildman–Crippen MR) is 156 cm³/mol. The topological polar surface area (TPSA) is 161 Å². The molecule has 1 unspecified atom stereocenters. The number of benzene rings is 2. The molecule has 5 heterocycles. The molecule has 0 bridgehead atoms. The minimum Gasteiger partial charge on any atom is -0.502 e. The van der Waals surface area contributed by atoms with Crippen LogP contribution in [0.2, 0.25) is 0 Å². The second-order valence-corrected chi connectivity index (χ2v) is 12.7. The lowest BCUT2D eigenvalue weighted by molar-refractivity contribution is -0.368. The number of thiophene rings is 1. The summed E-state index contributed by atoms with van der Waals surface area (Å²) in [6.07, 6.45) is -7.16. The Morgan fingerprint density at radius 1 is 0.913 bits per heavy atom. The fraction of sp³-hybridized carbons (Fsp3) is 0.469. The SMILES string of the molecule is COc1cc([C@@H]2c3cc4c(cc3[C@@H](OC3O[C@@H]5CO[C@@H](c6cccs6)O[C@H]5[C@H](O)[C@H]3O)[C@H]3COC(=O)[C@H]23)OCO4)cc(OC)c1O. The number of hydrogen-bond acceptors (Lipinski definition) is 14. The fourth-order valence-electron chi connectivity index (χ4n) is 7.18. The van der Waals surface area contributed by atoms with Crippen molar-refractivity contribution in [3.05, 3.63) is 63.3 Å². The van der Waals surface area contributed by atoms with Crippen LogP contribution < -0.4 is 18.9 Å². The number of carbonyl (C=O) groups excluding carboxylic acids is 1. The molecule has 46 heavy (non-hydrogen) atoms. The minimum absolute atomic E-state index is 0.0242. The van der Waals surface area contributed by atoms with Gasteiger partial charge in [-0.3, -0.25) is 4.79 Å². The number of aromatic hydroxyl groups is 1. The number of esters is 1. The molecule has 3 N–H and O–H groups in total. The number of phenolic OH excluding ortho intramolecular Hbond substituents is 1. The van der Waals surface area contributed by atoms with Gasteiger partial charge in [-0.1, -0.05) is 6.07 Å². The molecule has 5 aliphatic rings. The molecule has 14 heteroatoms. The van der Waals surface area contributed by atoms with E-state index >= 15 is 0 Å². The number of aliphatic hydroxyl groups is 2. The van der Waals surface area contributed by atoms with Crippen molar-refractivity contribution in [3.8, 4) is 28.7 Å². The molecular formula is C32H32O13S. The molecule has 3 saturated heterocycles. The van der Waals surface area contributed by atoms with Gasteiger partial charge in [0, 0.05) is 11.8 Å². The van der Waals surface area contributed by atoms with Crippen molar-refractivity contribution in [2.75, 3.05) is 34.2 Å². The van der Waals surface area contributed by atoms with E-state index in [0.29, 0.717) is 28.2 Å². The molecule has 2 aromatic carbocycles. The number of hydrogen-bond donors (Lipinski definition) is 3. The minimum atomic E-state index is -1.47. The first-order valence-corrected chi connectivity index (χ1v) is 15.8. The molecule has 0 saturated carbocycles. The number of rotatable bonds is 6. The van der Waals surface area contributed by atoms with Crippen molar-refractivity contribution in [1.29, 1.82) is 0 Å². The molecule has 0 amide bonds. The molecule has 4 aliphatic heterocycles. The number of methoxy groups -OCH3 is 2. The van der Waals surface area contributed by atoms with E-state index in [4.69, 9.17) is 42.6 Å². The standard InChI is InChI=1S/C32H32O13S/c1-37-19-6-13(7-20(38-2)25(19)33)23-14-8-17-18(42-12-41-17)9-15(14)28(16-10-39-30(36)24(16)23)44-32-27(35)26(34)29-21(43-32)11-40-31(45-29)22-4-3-5-46-22/h3-9,16,21,23-24,26-29,31-35H,10-12H2,1-2H3/t16-,21+,23+,24-,26+,27+,28+,29+,31+,32?/m0/s1. The molecular weight excluding hydrogens is 624 g/mol. The van der Waals surface area contributed by atoms with Crippen LogP contribution in [-0.4, -0.2) is 86.2 Å². The number of carbonyl (C=O) groups is 1. The molecule has 8 rings (SSSR count). The monoisotopic (exact) mass is 656 g/mol. The molecule has 1 aliphatic carbocycles. The van der Waals surface area contributed by atoms with Gasteiger partial charge in [-0.25, -0.2) is 0 Å². The Kier molecular flexibility index (Phi) is 7.48. The lowest BCUT2D eigenvalue weighted by Crippen LogP contribution is -2.62. The third kappa shape index (κ3) is 4.70. The average Bonchev–Trinajstić information content (AvgIpc) is 3.85. The van der Waals surface area contributed by atoms with Crippen molar-refractivity contribution in [1.82, 2.24) is 0 Å². The summed E-state index contributed by atoms with van der Waals surface area (Å²) in [6, 6.07) is 10.7. The van der Waals surface area contributed by atoms with Crippen LogP contribution in [0.15, 0.2) is 41.8 Å². The lowest BCUT2D eigenvalue weighted by Gasteiger charge is -2.48. The summed E-state index contributed by atoms with van der Waals surface area (Å²) in [5.74, 6) is -1.08. The van der Waals surface area contributed by atoms with Gasteiger partial charge >= 0.3 is 5.97 Å². The molecule has 1 aromatic heterocycles. The van der Waals surface area contributed by atoms with Crippen molar-refractivity contribution in [2.45, 2.75) is 49.0 Å². The van der Waals surface area contributed by atoms with Crippen molar-refractivity contribution < 1.29 is 62.7 Å². The highest BCUT2D eigenvalue weighted by molar-refractivity contribution is 7.10. The maximum Gasteiger partial charge on any atom is 0.310 e. The van der Waals surface area contributed by atoms with Crippen LogP contribution in [0.5, 0.6) is 28.7 Å². The molecule has 3 aromatic rings. The molecule has 3 fully saturated rings. The van der Waals surface area contributed by atoms with Gasteiger partial charge in [-0.15, -0.1) is 11.3 Å². The highest BCUT2D eigenvalue weighted by atomic mass is 32.1. The van der Waals surface area contributed by atoms with Crippen molar-refractivity contribution in [2.24, 2.45) is 11.8 Å². The number of fused-ring (bicyclic) bond motifs is 4. The Morgan fingerprint density at radius 3 is 2.35 bits per heavy atom. The van der Waals surface area contributed by atoms with Gasteiger partial charge in [0.15, 0.2) is 35.6 Å². The molecule has 13 nitrogen and oxygen atoms in total. The lowest BCUT2D eigenvalue weighted by atomic mass is 9.66. The smallest absolute Gasteiger partial charge is 0.310 e. The quantitative estimate of drug-likeness (QED) is 0.333. The molecule has 0 radical (unpaired) electrons. The maximum absolute atomic E-state index is 13.5. The summed E-state index contributed by atoms with van der Waals surface area (Å²) in [5.41, 5.74) is 2.00.